The van der Waals surface area contributed by atoms with Crippen LogP contribution >= 0.6 is 0 Å². The second kappa shape index (κ2) is 7.13. The molecule has 1 heterocycles. The smallest absolute Gasteiger partial charge is 0.236 e. The second-order valence-electron chi connectivity index (χ2n) is 4.29. The topological polar surface area (TPSA) is 68.2 Å². The number of aryl methyl sites for hydroxylation is 1. The Hall–Kier alpha value is -1.40. The van der Waals surface area contributed by atoms with Gasteiger partial charge in [0.2, 0.25) is 5.91 Å². The molecule has 6 nitrogen and oxygen atoms in total. The number of nitrogens with zero attached hydrogens (tertiary/aromatic N) is 2. The predicted molar refractivity (Wildman–Crippen MR) is 69.1 cm³/mol. The third kappa shape index (κ3) is 4.12. The van der Waals surface area contributed by atoms with Gasteiger partial charge in [-0.05, 0) is 13.8 Å². The lowest BCUT2D eigenvalue weighted by molar-refractivity contribution is -0.123. The van der Waals surface area contributed by atoms with Crippen LogP contribution in [0.1, 0.15) is 25.7 Å². The average molecular weight is 254 g/mol. The number of carbonyl (C=O) groups excluding carboxylic acids is 1. The van der Waals surface area contributed by atoms with Crippen molar-refractivity contribution in [2.45, 2.75) is 25.9 Å². The van der Waals surface area contributed by atoms with Gasteiger partial charge in [0.15, 0.2) is 0 Å². The molecule has 1 amide bonds. The number of ether oxygens (including phenoxy) is 1. The molecule has 0 spiro atoms. The number of aromatic nitrogens is 2. The van der Waals surface area contributed by atoms with Crippen LogP contribution in [0.15, 0.2) is 12.4 Å². The van der Waals surface area contributed by atoms with Crippen LogP contribution in [-0.4, -0.2) is 41.8 Å². The number of hydrogen-bond acceptors (Lipinski definition) is 4. The van der Waals surface area contributed by atoms with Crippen LogP contribution < -0.4 is 10.6 Å². The van der Waals surface area contributed by atoms with Gasteiger partial charge in [-0.2, -0.15) is 0 Å². The van der Waals surface area contributed by atoms with E-state index in [0.29, 0.717) is 13.2 Å². The van der Waals surface area contributed by atoms with Gasteiger partial charge < -0.3 is 14.6 Å². The third-order valence-electron chi connectivity index (χ3n) is 2.74. The first-order valence-corrected chi connectivity index (χ1v) is 6.06. The zero-order valence-corrected chi connectivity index (χ0v) is 11.4. The Kier molecular flexibility index (Phi) is 5.80. The molecular formula is C12H22N4O2. The highest BCUT2D eigenvalue weighted by molar-refractivity contribution is 5.81. The Morgan fingerprint density at radius 1 is 1.56 bits per heavy atom. The van der Waals surface area contributed by atoms with Gasteiger partial charge >= 0.3 is 0 Å². The van der Waals surface area contributed by atoms with E-state index in [1.807, 2.05) is 31.7 Å². The number of nitrogens with one attached hydrogen (secondary N) is 2. The Balaban J connectivity index is 2.42. The second-order valence-corrected chi connectivity index (χ2v) is 4.29. The van der Waals surface area contributed by atoms with Crippen molar-refractivity contribution < 1.29 is 9.53 Å². The van der Waals surface area contributed by atoms with Crippen LogP contribution in [0.4, 0.5) is 0 Å². The molecule has 2 unspecified atom stereocenters. The molecular weight excluding hydrogens is 232 g/mol. The fourth-order valence-corrected chi connectivity index (χ4v) is 1.75. The summed E-state index contributed by atoms with van der Waals surface area (Å²) in [4.78, 5) is 16.0. The largest absolute Gasteiger partial charge is 0.383 e. The summed E-state index contributed by atoms with van der Waals surface area (Å²) in [6.07, 6.45) is 3.63. The van der Waals surface area contributed by atoms with E-state index in [1.165, 1.54) is 0 Å². The molecule has 0 aliphatic carbocycles. The van der Waals surface area contributed by atoms with Crippen LogP contribution in [0.5, 0.6) is 0 Å². The van der Waals surface area contributed by atoms with Crippen LogP contribution in [0.3, 0.4) is 0 Å². The molecule has 1 aromatic heterocycles. The van der Waals surface area contributed by atoms with Crippen LogP contribution in [0.25, 0.3) is 0 Å². The van der Waals surface area contributed by atoms with E-state index in [0.717, 1.165) is 5.82 Å². The van der Waals surface area contributed by atoms with Crippen molar-refractivity contribution in [3.05, 3.63) is 18.2 Å². The van der Waals surface area contributed by atoms with E-state index in [9.17, 15) is 4.79 Å². The van der Waals surface area contributed by atoms with Gasteiger partial charge in [0.1, 0.15) is 5.82 Å². The normalized spacial score (nSPS) is 14.2. The fourth-order valence-electron chi connectivity index (χ4n) is 1.75. The Morgan fingerprint density at radius 2 is 2.28 bits per heavy atom. The number of methoxy groups -OCH3 is 1. The SMILES string of the molecule is COCCNC(=O)C(C)NC(C)c1nccn1C. The van der Waals surface area contributed by atoms with E-state index in [1.54, 1.807) is 13.3 Å². The summed E-state index contributed by atoms with van der Waals surface area (Å²) in [5, 5.41) is 6.01. The third-order valence-corrected chi connectivity index (χ3v) is 2.74. The van der Waals surface area contributed by atoms with Crippen molar-refractivity contribution in [2.24, 2.45) is 7.05 Å². The maximum Gasteiger partial charge on any atom is 0.236 e. The first kappa shape index (κ1) is 14.7. The minimum atomic E-state index is -0.270. The van der Waals surface area contributed by atoms with Crippen molar-refractivity contribution in [1.82, 2.24) is 20.2 Å². The van der Waals surface area contributed by atoms with E-state index >= 15 is 0 Å². The summed E-state index contributed by atoms with van der Waals surface area (Å²) in [6, 6.07) is -0.248. The van der Waals surface area contributed by atoms with Gasteiger partial charge in [0.05, 0.1) is 18.7 Å². The van der Waals surface area contributed by atoms with Crippen LogP contribution in [-0.2, 0) is 16.6 Å². The van der Waals surface area contributed by atoms with Crippen molar-refractivity contribution in [1.29, 1.82) is 0 Å². The van der Waals surface area contributed by atoms with Gasteiger partial charge in [-0.15, -0.1) is 0 Å². The fraction of sp³-hybridized carbons (Fsp3) is 0.667. The molecule has 0 aliphatic rings. The van der Waals surface area contributed by atoms with Crippen LogP contribution in [0.2, 0.25) is 0 Å². The molecule has 1 rings (SSSR count). The summed E-state index contributed by atoms with van der Waals surface area (Å²) in [5.74, 6) is 0.875. The maximum atomic E-state index is 11.8. The molecule has 18 heavy (non-hydrogen) atoms. The molecule has 6 heteroatoms. The zero-order valence-electron chi connectivity index (χ0n) is 11.4. The van der Waals surface area contributed by atoms with E-state index in [-0.39, 0.29) is 18.0 Å². The molecule has 0 fully saturated rings. The molecule has 1 aromatic rings. The summed E-state index contributed by atoms with van der Waals surface area (Å²) < 4.78 is 6.82. The average Bonchev–Trinajstić information content (AvgIpc) is 2.75. The highest BCUT2D eigenvalue weighted by atomic mass is 16.5. The Labute approximate surface area is 108 Å². The first-order chi connectivity index (χ1) is 8.56. The van der Waals surface area contributed by atoms with Crippen LogP contribution in [0, 0.1) is 0 Å². The molecule has 2 atom stereocenters. The van der Waals surface area contributed by atoms with Gasteiger partial charge in [-0.1, -0.05) is 0 Å². The predicted octanol–water partition coefficient (Wildman–Crippen LogP) is 0.222. The first-order valence-electron chi connectivity index (χ1n) is 6.06. The summed E-state index contributed by atoms with van der Waals surface area (Å²) in [6.45, 7) is 4.87. The molecule has 0 aromatic carbocycles. The Bertz CT molecular complexity index is 378. The lowest BCUT2D eigenvalue weighted by Crippen LogP contribution is -2.44. The lowest BCUT2D eigenvalue weighted by atomic mass is 10.2. The number of carbonyl (C=O) groups is 1. The van der Waals surface area contributed by atoms with Gasteiger partial charge in [-0.25, -0.2) is 4.98 Å². The van der Waals surface area contributed by atoms with E-state index < -0.39 is 0 Å². The number of imidazole rings is 1. The van der Waals surface area contributed by atoms with Crippen molar-refractivity contribution in [3.8, 4) is 0 Å². The van der Waals surface area contributed by atoms with Gasteiger partial charge in [0.25, 0.3) is 0 Å². The minimum absolute atomic E-state index is 0.0215. The van der Waals surface area contributed by atoms with Crippen molar-refractivity contribution >= 4 is 5.91 Å². The molecule has 0 bridgehead atoms. The maximum absolute atomic E-state index is 11.8. The molecule has 0 radical (unpaired) electrons. The molecule has 2 N–H and O–H groups in total. The minimum Gasteiger partial charge on any atom is -0.383 e. The standard InChI is InChI=1S/C12H22N4O2/c1-9(11-13-5-7-16(11)3)15-10(2)12(17)14-6-8-18-4/h5,7,9-10,15H,6,8H2,1-4H3,(H,14,17). The van der Waals surface area contributed by atoms with Gasteiger partial charge in [0, 0.05) is 33.1 Å². The Morgan fingerprint density at radius 3 is 2.83 bits per heavy atom. The number of hydrogen-bond donors (Lipinski definition) is 2. The highest BCUT2D eigenvalue weighted by Crippen LogP contribution is 2.09. The molecule has 0 aliphatic heterocycles. The highest BCUT2D eigenvalue weighted by Gasteiger charge is 2.17. The van der Waals surface area contributed by atoms with Crippen molar-refractivity contribution in [3.63, 3.8) is 0 Å². The van der Waals surface area contributed by atoms with E-state index in [4.69, 9.17) is 4.74 Å². The summed E-state index contributed by atoms with van der Waals surface area (Å²) in [7, 11) is 3.54. The van der Waals surface area contributed by atoms with Gasteiger partial charge in [-0.3, -0.25) is 10.1 Å². The van der Waals surface area contributed by atoms with Crippen molar-refractivity contribution in [2.75, 3.05) is 20.3 Å². The quantitative estimate of drug-likeness (QED) is 0.683. The summed E-state index contributed by atoms with van der Waals surface area (Å²) in [5.41, 5.74) is 0. The summed E-state index contributed by atoms with van der Waals surface area (Å²) >= 11 is 0. The molecule has 0 saturated carbocycles. The van der Waals surface area contributed by atoms with E-state index in [2.05, 4.69) is 15.6 Å². The lowest BCUT2D eigenvalue weighted by Gasteiger charge is -2.19. The molecule has 102 valence electrons. The molecule has 0 saturated heterocycles. The monoisotopic (exact) mass is 254 g/mol. The zero-order chi connectivity index (χ0) is 13.5. The number of rotatable bonds is 7. The number of amides is 1.